The predicted octanol–water partition coefficient (Wildman–Crippen LogP) is 3.33. The lowest BCUT2D eigenvalue weighted by molar-refractivity contribution is -0.128. The number of aliphatic imine (C=N–C) groups is 1. The van der Waals surface area contributed by atoms with Gasteiger partial charge in [0.05, 0.1) is 7.11 Å². The standard InChI is InChI=1S/C25H33N5O2.HI/c1-26-25(29-14-12-28(13-15-29)22-8-4-9-23(17-22)32-2)27-18-20-6-3-7-21(16-20)19-30-11-5-10-24(30)31;/h3-4,6-9,16-17H,5,10-15,18-19H2,1-2H3,(H,26,27);1H. The average Bonchev–Trinajstić information content (AvgIpc) is 3.24. The first-order chi connectivity index (χ1) is 15.7. The minimum atomic E-state index is 0. The fourth-order valence-corrected chi connectivity index (χ4v) is 4.43. The number of ether oxygens (including phenoxy) is 1. The van der Waals surface area contributed by atoms with E-state index in [9.17, 15) is 4.79 Å². The van der Waals surface area contributed by atoms with Gasteiger partial charge in [0, 0.05) is 71.0 Å². The van der Waals surface area contributed by atoms with Crippen LogP contribution in [0.4, 0.5) is 5.69 Å². The molecule has 1 amide bonds. The van der Waals surface area contributed by atoms with Crippen LogP contribution in [0.1, 0.15) is 24.0 Å². The molecule has 0 spiro atoms. The van der Waals surface area contributed by atoms with E-state index in [-0.39, 0.29) is 29.9 Å². The van der Waals surface area contributed by atoms with E-state index in [0.29, 0.717) is 19.5 Å². The van der Waals surface area contributed by atoms with E-state index in [4.69, 9.17) is 4.74 Å². The Morgan fingerprint density at radius 1 is 1.03 bits per heavy atom. The fraction of sp³-hybridized carbons (Fsp3) is 0.440. The molecule has 2 aromatic carbocycles. The molecule has 8 heteroatoms. The number of hydrogen-bond donors (Lipinski definition) is 1. The molecule has 0 radical (unpaired) electrons. The second-order valence-corrected chi connectivity index (χ2v) is 8.32. The molecule has 0 aromatic heterocycles. The van der Waals surface area contributed by atoms with E-state index >= 15 is 0 Å². The summed E-state index contributed by atoms with van der Waals surface area (Å²) in [5, 5.41) is 3.51. The highest BCUT2D eigenvalue weighted by molar-refractivity contribution is 14.0. The molecule has 178 valence electrons. The third kappa shape index (κ3) is 6.52. The summed E-state index contributed by atoms with van der Waals surface area (Å²) in [7, 11) is 3.54. The van der Waals surface area contributed by atoms with E-state index in [1.54, 1.807) is 7.11 Å². The molecule has 2 aliphatic heterocycles. The summed E-state index contributed by atoms with van der Waals surface area (Å²) in [6.07, 6.45) is 1.66. The maximum absolute atomic E-state index is 11.9. The Balaban J connectivity index is 0.00000306. The molecule has 0 atom stereocenters. The molecule has 2 aliphatic rings. The van der Waals surface area contributed by atoms with Gasteiger partial charge in [0.2, 0.25) is 5.91 Å². The molecule has 2 saturated heterocycles. The number of nitrogens with one attached hydrogen (secondary N) is 1. The summed E-state index contributed by atoms with van der Waals surface area (Å²) in [6.45, 7) is 5.98. The van der Waals surface area contributed by atoms with E-state index in [1.165, 1.54) is 16.8 Å². The van der Waals surface area contributed by atoms with Crippen LogP contribution < -0.4 is 15.0 Å². The molecule has 0 saturated carbocycles. The van der Waals surface area contributed by atoms with E-state index in [0.717, 1.165) is 50.9 Å². The Labute approximate surface area is 213 Å². The summed E-state index contributed by atoms with van der Waals surface area (Å²) < 4.78 is 5.36. The molecule has 2 fully saturated rings. The zero-order chi connectivity index (χ0) is 22.3. The van der Waals surface area contributed by atoms with Gasteiger partial charge in [-0.3, -0.25) is 9.79 Å². The number of benzene rings is 2. The Morgan fingerprint density at radius 2 is 1.79 bits per heavy atom. The van der Waals surface area contributed by atoms with Gasteiger partial charge in [0.1, 0.15) is 5.75 Å². The molecule has 4 rings (SSSR count). The van der Waals surface area contributed by atoms with Crippen LogP contribution >= 0.6 is 24.0 Å². The van der Waals surface area contributed by atoms with Gasteiger partial charge in [-0.1, -0.05) is 30.3 Å². The number of guanidine groups is 1. The molecule has 2 aromatic rings. The molecular formula is C25H34IN5O2. The normalized spacial score (nSPS) is 16.6. The Morgan fingerprint density at radius 3 is 2.48 bits per heavy atom. The van der Waals surface area contributed by atoms with Crippen LogP contribution in [0.3, 0.4) is 0 Å². The smallest absolute Gasteiger partial charge is 0.222 e. The van der Waals surface area contributed by atoms with Gasteiger partial charge < -0.3 is 24.8 Å². The highest BCUT2D eigenvalue weighted by Crippen LogP contribution is 2.22. The zero-order valence-electron chi connectivity index (χ0n) is 19.5. The van der Waals surface area contributed by atoms with Gasteiger partial charge in [-0.05, 0) is 29.7 Å². The van der Waals surface area contributed by atoms with Crippen molar-refractivity contribution in [2.45, 2.75) is 25.9 Å². The summed E-state index contributed by atoms with van der Waals surface area (Å²) in [5.74, 6) is 2.08. The van der Waals surface area contributed by atoms with Gasteiger partial charge in [-0.2, -0.15) is 0 Å². The van der Waals surface area contributed by atoms with Crippen molar-refractivity contribution in [3.63, 3.8) is 0 Å². The van der Waals surface area contributed by atoms with Gasteiger partial charge in [0.25, 0.3) is 0 Å². The molecular weight excluding hydrogens is 529 g/mol. The van der Waals surface area contributed by atoms with Crippen molar-refractivity contribution in [3.05, 3.63) is 59.7 Å². The Kier molecular flexibility index (Phi) is 9.22. The van der Waals surface area contributed by atoms with E-state index in [1.807, 2.05) is 24.1 Å². The first kappa shape index (κ1) is 25.1. The Bertz CT molecular complexity index is 959. The molecule has 7 nitrogen and oxygen atoms in total. The SMILES string of the molecule is CN=C(NCc1cccc(CN2CCCC2=O)c1)N1CCN(c2cccc(OC)c2)CC1.I. The fourth-order valence-electron chi connectivity index (χ4n) is 4.43. The molecule has 0 unspecified atom stereocenters. The van der Waals surface area contributed by atoms with Crippen molar-refractivity contribution in [3.8, 4) is 5.75 Å². The lowest BCUT2D eigenvalue weighted by Gasteiger charge is -2.37. The number of rotatable bonds is 6. The van der Waals surface area contributed by atoms with Crippen LogP contribution in [-0.2, 0) is 17.9 Å². The van der Waals surface area contributed by atoms with Gasteiger partial charge in [0.15, 0.2) is 5.96 Å². The minimum absolute atomic E-state index is 0. The lowest BCUT2D eigenvalue weighted by atomic mass is 10.1. The Hall–Kier alpha value is -2.49. The van der Waals surface area contributed by atoms with Crippen molar-refractivity contribution >= 4 is 41.5 Å². The average molecular weight is 563 g/mol. The number of methoxy groups -OCH3 is 1. The largest absolute Gasteiger partial charge is 0.497 e. The second-order valence-electron chi connectivity index (χ2n) is 8.32. The molecule has 1 N–H and O–H groups in total. The number of halogens is 1. The van der Waals surface area contributed by atoms with Gasteiger partial charge in [-0.15, -0.1) is 24.0 Å². The van der Waals surface area contributed by atoms with Crippen molar-refractivity contribution in [2.75, 3.05) is 51.8 Å². The topological polar surface area (TPSA) is 60.4 Å². The van der Waals surface area contributed by atoms with Crippen molar-refractivity contribution in [2.24, 2.45) is 4.99 Å². The maximum atomic E-state index is 11.9. The highest BCUT2D eigenvalue weighted by Gasteiger charge is 2.21. The van der Waals surface area contributed by atoms with Crippen LogP contribution in [0, 0.1) is 0 Å². The summed E-state index contributed by atoms with van der Waals surface area (Å²) in [6, 6.07) is 16.7. The van der Waals surface area contributed by atoms with E-state index in [2.05, 4.69) is 56.5 Å². The molecule has 33 heavy (non-hydrogen) atoms. The van der Waals surface area contributed by atoms with Crippen LogP contribution in [0.25, 0.3) is 0 Å². The third-order valence-electron chi connectivity index (χ3n) is 6.20. The summed E-state index contributed by atoms with van der Waals surface area (Å²) in [5.41, 5.74) is 3.58. The zero-order valence-corrected chi connectivity index (χ0v) is 21.8. The first-order valence-electron chi connectivity index (χ1n) is 11.4. The number of amides is 1. The van der Waals surface area contributed by atoms with E-state index < -0.39 is 0 Å². The van der Waals surface area contributed by atoms with Crippen molar-refractivity contribution in [1.82, 2.24) is 15.1 Å². The van der Waals surface area contributed by atoms with Crippen LogP contribution in [0.15, 0.2) is 53.5 Å². The molecule has 0 bridgehead atoms. The van der Waals surface area contributed by atoms with Crippen LogP contribution in [-0.4, -0.2) is 68.5 Å². The number of anilines is 1. The number of carbonyl (C=O) groups is 1. The summed E-state index contributed by atoms with van der Waals surface area (Å²) in [4.78, 5) is 23.1. The monoisotopic (exact) mass is 563 g/mol. The van der Waals surface area contributed by atoms with Gasteiger partial charge in [-0.25, -0.2) is 0 Å². The van der Waals surface area contributed by atoms with Crippen molar-refractivity contribution in [1.29, 1.82) is 0 Å². The van der Waals surface area contributed by atoms with Crippen molar-refractivity contribution < 1.29 is 9.53 Å². The molecule has 2 heterocycles. The first-order valence-corrected chi connectivity index (χ1v) is 11.4. The number of piperazine rings is 1. The van der Waals surface area contributed by atoms with Crippen LogP contribution in [0.2, 0.25) is 0 Å². The number of likely N-dealkylation sites (tertiary alicyclic amines) is 1. The number of nitrogens with zero attached hydrogens (tertiary/aromatic N) is 4. The quantitative estimate of drug-likeness (QED) is 0.332. The number of hydrogen-bond acceptors (Lipinski definition) is 4. The third-order valence-corrected chi connectivity index (χ3v) is 6.20. The van der Waals surface area contributed by atoms with Crippen LogP contribution in [0.5, 0.6) is 5.75 Å². The highest BCUT2D eigenvalue weighted by atomic mass is 127. The van der Waals surface area contributed by atoms with Gasteiger partial charge >= 0.3 is 0 Å². The maximum Gasteiger partial charge on any atom is 0.222 e. The molecule has 0 aliphatic carbocycles. The lowest BCUT2D eigenvalue weighted by Crippen LogP contribution is -2.52. The minimum Gasteiger partial charge on any atom is -0.497 e. The number of carbonyl (C=O) groups excluding carboxylic acids is 1. The predicted molar refractivity (Wildman–Crippen MR) is 143 cm³/mol. The second kappa shape index (κ2) is 12.1. The summed E-state index contributed by atoms with van der Waals surface area (Å²) >= 11 is 0.